The monoisotopic (exact) mass is 279 g/mol. The molecule has 20 heavy (non-hydrogen) atoms. The van der Waals surface area contributed by atoms with Crippen molar-refractivity contribution in [1.82, 2.24) is 5.32 Å². The van der Waals surface area contributed by atoms with Gasteiger partial charge in [-0.05, 0) is 31.5 Å². The summed E-state index contributed by atoms with van der Waals surface area (Å²) >= 11 is 0. The molecule has 1 rings (SSSR count). The van der Waals surface area contributed by atoms with E-state index in [1.54, 1.807) is 14.2 Å². The zero-order valence-corrected chi connectivity index (χ0v) is 12.4. The molecule has 0 radical (unpaired) electrons. The minimum Gasteiger partial charge on any atom is -0.497 e. The average molecular weight is 279 g/mol. The molecule has 0 heterocycles. The number of anilines is 1. The maximum Gasteiger partial charge on any atom is 0.219 e. The maximum atomic E-state index is 11.3. The lowest BCUT2D eigenvalue weighted by Gasteiger charge is -2.25. The molecule has 0 bridgehead atoms. The molecule has 0 unspecified atom stereocenters. The van der Waals surface area contributed by atoms with E-state index < -0.39 is 0 Å². The largest absolute Gasteiger partial charge is 0.497 e. The lowest BCUT2D eigenvalue weighted by atomic mass is 10.2. The topological polar surface area (TPSA) is 67.6 Å². The van der Waals surface area contributed by atoms with Gasteiger partial charge in [-0.3, -0.25) is 4.79 Å². The fraction of sp³-hybridized carbons (Fsp3) is 0.533. The second-order valence-corrected chi connectivity index (χ2v) is 4.61. The predicted molar refractivity (Wildman–Crippen MR) is 82.2 cm³/mol. The highest BCUT2D eigenvalue weighted by molar-refractivity contribution is 5.75. The highest BCUT2D eigenvalue weighted by Crippen LogP contribution is 2.21. The van der Waals surface area contributed by atoms with Crippen LogP contribution >= 0.6 is 0 Å². The molecule has 0 spiro atoms. The van der Waals surface area contributed by atoms with Gasteiger partial charge in [-0.15, -0.1) is 0 Å². The molecule has 1 amide bonds. The third kappa shape index (κ3) is 5.48. The number of nitrogens with zero attached hydrogens (tertiary/aromatic N) is 1. The van der Waals surface area contributed by atoms with Crippen molar-refractivity contribution in [2.24, 2.45) is 5.73 Å². The number of ether oxygens (including phenoxy) is 1. The van der Waals surface area contributed by atoms with Gasteiger partial charge in [-0.2, -0.15) is 0 Å². The highest BCUT2D eigenvalue weighted by atomic mass is 16.5. The Morgan fingerprint density at radius 2 is 2.10 bits per heavy atom. The Balaban J connectivity index is 2.64. The van der Waals surface area contributed by atoms with Crippen molar-refractivity contribution in [1.29, 1.82) is 0 Å². The molecule has 0 saturated heterocycles. The summed E-state index contributed by atoms with van der Waals surface area (Å²) in [4.78, 5) is 13.5. The molecule has 0 fully saturated rings. The lowest BCUT2D eigenvalue weighted by Crippen LogP contribution is -2.28. The Bertz CT molecular complexity index is 410. The number of amides is 1. The Morgan fingerprint density at radius 1 is 1.35 bits per heavy atom. The Labute approximate surface area is 121 Å². The van der Waals surface area contributed by atoms with Crippen LogP contribution in [0.1, 0.15) is 19.3 Å². The van der Waals surface area contributed by atoms with Crippen LogP contribution in [-0.2, 0) is 4.79 Å². The van der Waals surface area contributed by atoms with Crippen LogP contribution in [0.2, 0.25) is 0 Å². The second kappa shape index (κ2) is 9.20. The molecule has 5 nitrogen and oxygen atoms in total. The molecule has 0 aliphatic carbocycles. The van der Waals surface area contributed by atoms with Gasteiger partial charge in [0.05, 0.1) is 7.11 Å². The quantitative estimate of drug-likeness (QED) is 0.716. The van der Waals surface area contributed by atoms with Gasteiger partial charge in [0, 0.05) is 38.3 Å². The summed E-state index contributed by atoms with van der Waals surface area (Å²) in [6, 6.07) is 7.97. The van der Waals surface area contributed by atoms with Crippen molar-refractivity contribution in [2.75, 3.05) is 38.7 Å². The molecule has 5 heteroatoms. The molecule has 0 aliphatic rings. The Hall–Kier alpha value is -1.75. The molecular formula is C15H25N3O2. The minimum atomic E-state index is 0.0782. The Kier molecular flexibility index (Phi) is 7.50. The van der Waals surface area contributed by atoms with Gasteiger partial charge < -0.3 is 20.7 Å². The van der Waals surface area contributed by atoms with E-state index in [0.29, 0.717) is 13.0 Å². The predicted octanol–water partition coefficient (Wildman–Crippen LogP) is 1.38. The second-order valence-electron chi connectivity index (χ2n) is 4.61. The normalized spacial score (nSPS) is 10.2. The van der Waals surface area contributed by atoms with E-state index in [2.05, 4.69) is 16.3 Å². The summed E-state index contributed by atoms with van der Waals surface area (Å²) in [5, 5.41) is 2.64. The number of hydrogen-bond donors (Lipinski definition) is 2. The van der Waals surface area contributed by atoms with Crippen LogP contribution in [0, 0.1) is 0 Å². The van der Waals surface area contributed by atoms with E-state index in [1.807, 2.05) is 18.2 Å². The molecule has 0 aromatic heterocycles. The average Bonchev–Trinajstić information content (AvgIpc) is 2.50. The van der Waals surface area contributed by atoms with Crippen LogP contribution in [0.5, 0.6) is 5.75 Å². The number of methoxy groups -OCH3 is 1. The van der Waals surface area contributed by atoms with E-state index in [1.165, 1.54) is 0 Å². The van der Waals surface area contributed by atoms with Crippen molar-refractivity contribution in [3.05, 3.63) is 24.3 Å². The molecule has 1 aromatic carbocycles. The molecular weight excluding hydrogens is 254 g/mol. The van der Waals surface area contributed by atoms with Gasteiger partial charge in [-0.25, -0.2) is 0 Å². The molecule has 112 valence electrons. The van der Waals surface area contributed by atoms with Gasteiger partial charge in [0.25, 0.3) is 0 Å². The van der Waals surface area contributed by atoms with E-state index >= 15 is 0 Å². The fourth-order valence-electron chi connectivity index (χ4n) is 2.01. The lowest BCUT2D eigenvalue weighted by molar-refractivity contribution is -0.120. The minimum absolute atomic E-state index is 0.0782. The Morgan fingerprint density at radius 3 is 2.75 bits per heavy atom. The SMILES string of the molecule is CNC(=O)CCCN(CCCN)c1cccc(OC)c1. The van der Waals surface area contributed by atoms with Gasteiger partial charge in [0.15, 0.2) is 0 Å². The van der Waals surface area contributed by atoms with Crippen LogP contribution in [0.3, 0.4) is 0 Å². The summed E-state index contributed by atoms with van der Waals surface area (Å²) in [5.41, 5.74) is 6.70. The summed E-state index contributed by atoms with van der Waals surface area (Å²) in [7, 11) is 3.32. The van der Waals surface area contributed by atoms with E-state index in [9.17, 15) is 4.79 Å². The molecule has 0 aliphatic heterocycles. The van der Waals surface area contributed by atoms with Gasteiger partial charge in [0.2, 0.25) is 5.91 Å². The summed E-state index contributed by atoms with van der Waals surface area (Å²) in [5.74, 6) is 0.918. The number of carbonyl (C=O) groups excluding carboxylic acids is 1. The van der Waals surface area contributed by atoms with E-state index in [-0.39, 0.29) is 5.91 Å². The van der Waals surface area contributed by atoms with E-state index in [4.69, 9.17) is 10.5 Å². The third-order valence-corrected chi connectivity index (χ3v) is 3.16. The fourth-order valence-corrected chi connectivity index (χ4v) is 2.01. The first-order valence-electron chi connectivity index (χ1n) is 7.01. The smallest absolute Gasteiger partial charge is 0.219 e. The summed E-state index contributed by atoms with van der Waals surface area (Å²) in [6.45, 7) is 2.38. The highest BCUT2D eigenvalue weighted by Gasteiger charge is 2.08. The van der Waals surface area contributed by atoms with Crippen LogP contribution in [0.15, 0.2) is 24.3 Å². The number of hydrogen-bond acceptors (Lipinski definition) is 4. The number of benzene rings is 1. The maximum absolute atomic E-state index is 11.3. The van der Waals surface area contributed by atoms with Crippen molar-refractivity contribution in [2.45, 2.75) is 19.3 Å². The first-order valence-corrected chi connectivity index (χ1v) is 7.01. The number of carbonyl (C=O) groups is 1. The van der Waals surface area contributed by atoms with Gasteiger partial charge in [-0.1, -0.05) is 6.07 Å². The van der Waals surface area contributed by atoms with Crippen LogP contribution in [0.4, 0.5) is 5.69 Å². The molecule has 0 saturated carbocycles. The number of nitrogens with one attached hydrogen (secondary N) is 1. The zero-order chi connectivity index (χ0) is 14.8. The third-order valence-electron chi connectivity index (χ3n) is 3.16. The first kappa shape index (κ1) is 16.3. The van der Waals surface area contributed by atoms with Crippen LogP contribution < -0.4 is 20.7 Å². The number of nitrogens with two attached hydrogens (primary N) is 1. The zero-order valence-electron chi connectivity index (χ0n) is 12.4. The number of rotatable bonds is 9. The van der Waals surface area contributed by atoms with Gasteiger partial charge in [0.1, 0.15) is 5.75 Å². The van der Waals surface area contributed by atoms with Crippen molar-refractivity contribution >= 4 is 11.6 Å². The standard InChI is InChI=1S/C15H25N3O2/c1-17-15(19)8-4-10-18(11-5-9-16)13-6-3-7-14(12-13)20-2/h3,6-7,12H,4-5,8-11,16H2,1-2H3,(H,17,19). The van der Waals surface area contributed by atoms with Crippen LogP contribution in [0.25, 0.3) is 0 Å². The van der Waals surface area contributed by atoms with Crippen molar-refractivity contribution < 1.29 is 9.53 Å². The molecule has 0 atom stereocenters. The molecule has 1 aromatic rings. The van der Waals surface area contributed by atoms with Gasteiger partial charge >= 0.3 is 0 Å². The van der Waals surface area contributed by atoms with Crippen molar-refractivity contribution in [3.8, 4) is 5.75 Å². The summed E-state index contributed by atoms with van der Waals surface area (Å²) < 4.78 is 5.25. The summed E-state index contributed by atoms with van der Waals surface area (Å²) in [6.07, 6.45) is 2.29. The van der Waals surface area contributed by atoms with Crippen molar-refractivity contribution in [3.63, 3.8) is 0 Å². The van der Waals surface area contributed by atoms with Crippen LogP contribution in [-0.4, -0.2) is 39.7 Å². The van der Waals surface area contributed by atoms with E-state index in [0.717, 1.165) is 37.4 Å². The molecule has 3 N–H and O–H groups in total. The first-order chi connectivity index (χ1) is 9.71.